The van der Waals surface area contributed by atoms with Gasteiger partial charge >= 0.3 is 0 Å². The van der Waals surface area contributed by atoms with E-state index in [4.69, 9.17) is 11.5 Å². The summed E-state index contributed by atoms with van der Waals surface area (Å²) >= 11 is 5.11. The van der Waals surface area contributed by atoms with Gasteiger partial charge in [-0.3, -0.25) is 9.69 Å². The van der Waals surface area contributed by atoms with Crippen molar-refractivity contribution in [2.45, 2.75) is 32.9 Å². The maximum atomic E-state index is 11.3. The number of rotatable bonds is 7. The molecule has 1 aromatic rings. The third-order valence-corrected chi connectivity index (χ3v) is 4.49. The van der Waals surface area contributed by atoms with Crippen LogP contribution in [-0.2, 0) is 4.79 Å². The standard InChI is InChI=1S/C13H22BrN3OS/c1-8(2)5-17(6-12(16)18)13(9(3)15)11-4-10(14)7-19-11/h4,7-9,13H,5-6,15H2,1-3H3,(H2,16,18). The molecule has 0 saturated carbocycles. The van der Waals surface area contributed by atoms with Crippen LogP contribution in [0.5, 0.6) is 0 Å². The Bertz CT molecular complexity index is 420. The number of carbonyl (C=O) groups is 1. The molecule has 0 bridgehead atoms. The van der Waals surface area contributed by atoms with Crippen molar-refractivity contribution in [2.75, 3.05) is 13.1 Å². The molecule has 0 spiro atoms. The first-order chi connectivity index (χ1) is 8.81. The first-order valence-corrected chi connectivity index (χ1v) is 8.00. The van der Waals surface area contributed by atoms with Gasteiger partial charge in [-0.25, -0.2) is 0 Å². The van der Waals surface area contributed by atoms with E-state index in [-0.39, 0.29) is 24.5 Å². The minimum atomic E-state index is -0.318. The molecule has 0 fully saturated rings. The van der Waals surface area contributed by atoms with Crippen LogP contribution < -0.4 is 11.5 Å². The molecule has 1 amide bonds. The van der Waals surface area contributed by atoms with Crippen LogP contribution >= 0.6 is 27.3 Å². The molecule has 1 aromatic heterocycles. The highest BCUT2D eigenvalue weighted by atomic mass is 79.9. The largest absolute Gasteiger partial charge is 0.369 e. The molecule has 1 heterocycles. The molecule has 0 aliphatic rings. The fourth-order valence-electron chi connectivity index (χ4n) is 2.20. The second kappa shape index (κ2) is 7.38. The van der Waals surface area contributed by atoms with Crippen molar-refractivity contribution < 1.29 is 4.79 Å². The Labute approximate surface area is 127 Å². The van der Waals surface area contributed by atoms with Gasteiger partial charge in [0.15, 0.2) is 0 Å². The van der Waals surface area contributed by atoms with Crippen LogP contribution in [0.4, 0.5) is 0 Å². The van der Waals surface area contributed by atoms with Gasteiger partial charge in [-0.15, -0.1) is 11.3 Å². The highest BCUT2D eigenvalue weighted by Crippen LogP contribution is 2.31. The molecule has 0 aliphatic carbocycles. The van der Waals surface area contributed by atoms with Crippen LogP contribution in [-0.4, -0.2) is 29.9 Å². The van der Waals surface area contributed by atoms with E-state index in [1.165, 1.54) is 0 Å². The van der Waals surface area contributed by atoms with E-state index in [0.717, 1.165) is 15.9 Å². The maximum Gasteiger partial charge on any atom is 0.231 e. The average molecular weight is 348 g/mol. The van der Waals surface area contributed by atoms with Crippen molar-refractivity contribution in [3.05, 3.63) is 20.8 Å². The molecule has 4 nitrogen and oxygen atoms in total. The number of hydrogen-bond donors (Lipinski definition) is 2. The normalized spacial score (nSPS) is 14.9. The van der Waals surface area contributed by atoms with E-state index in [2.05, 4.69) is 40.7 Å². The van der Waals surface area contributed by atoms with E-state index in [1.54, 1.807) is 11.3 Å². The SMILES string of the molecule is CC(C)CN(CC(N)=O)C(c1cc(Br)cs1)C(C)N. The Morgan fingerprint density at radius 1 is 1.47 bits per heavy atom. The van der Waals surface area contributed by atoms with Gasteiger partial charge < -0.3 is 11.5 Å². The number of amides is 1. The zero-order chi connectivity index (χ0) is 14.6. The second-order valence-electron chi connectivity index (χ2n) is 5.26. The molecule has 2 atom stereocenters. The summed E-state index contributed by atoms with van der Waals surface area (Å²) in [6, 6.07) is 2.02. The lowest BCUT2D eigenvalue weighted by atomic mass is 10.0. The van der Waals surface area contributed by atoms with Gasteiger partial charge in [0.1, 0.15) is 0 Å². The first kappa shape index (κ1) is 16.6. The van der Waals surface area contributed by atoms with Crippen molar-refractivity contribution >= 4 is 33.2 Å². The van der Waals surface area contributed by atoms with E-state index in [1.807, 2.05) is 12.3 Å². The van der Waals surface area contributed by atoms with Crippen molar-refractivity contribution in [1.82, 2.24) is 4.90 Å². The Hall–Kier alpha value is -0.430. The fraction of sp³-hybridized carbons (Fsp3) is 0.615. The smallest absolute Gasteiger partial charge is 0.231 e. The Kier molecular flexibility index (Phi) is 6.46. The van der Waals surface area contributed by atoms with Crippen LogP contribution in [0.1, 0.15) is 31.7 Å². The third kappa shape index (κ3) is 5.22. The number of nitrogens with two attached hydrogens (primary N) is 2. The number of hydrogen-bond acceptors (Lipinski definition) is 4. The summed E-state index contributed by atoms with van der Waals surface area (Å²) in [5, 5.41) is 2.03. The second-order valence-corrected chi connectivity index (χ2v) is 7.12. The van der Waals surface area contributed by atoms with Crippen LogP contribution in [0, 0.1) is 5.92 Å². The fourth-order valence-corrected chi connectivity index (χ4v) is 3.89. The lowest BCUT2D eigenvalue weighted by Crippen LogP contribution is -2.44. The first-order valence-electron chi connectivity index (χ1n) is 6.33. The lowest BCUT2D eigenvalue weighted by molar-refractivity contribution is -0.119. The summed E-state index contributed by atoms with van der Waals surface area (Å²) in [7, 11) is 0. The molecule has 1 rings (SSSR count). The average Bonchev–Trinajstić information content (AvgIpc) is 2.62. The molecule has 0 radical (unpaired) electrons. The van der Waals surface area contributed by atoms with Gasteiger partial charge in [0.25, 0.3) is 0 Å². The number of primary amides is 1. The summed E-state index contributed by atoms with van der Waals surface area (Å²) in [6.07, 6.45) is 0. The van der Waals surface area contributed by atoms with Crippen LogP contribution in [0.25, 0.3) is 0 Å². The summed E-state index contributed by atoms with van der Waals surface area (Å²) in [4.78, 5) is 14.5. The molecule has 0 aliphatic heterocycles. The van der Waals surface area contributed by atoms with Crippen molar-refractivity contribution in [1.29, 1.82) is 0 Å². The molecule has 4 N–H and O–H groups in total. The molecule has 2 unspecified atom stereocenters. The van der Waals surface area contributed by atoms with E-state index < -0.39 is 0 Å². The van der Waals surface area contributed by atoms with Gasteiger partial charge in [0, 0.05) is 27.3 Å². The zero-order valence-electron chi connectivity index (χ0n) is 11.6. The minimum Gasteiger partial charge on any atom is -0.369 e. The van der Waals surface area contributed by atoms with E-state index in [0.29, 0.717) is 5.92 Å². The number of thiophene rings is 1. The predicted octanol–water partition coefficient (Wildman–Crippen LogP) is 2.34. The zero-order valence-corrected chi connectivity index (χ0v) is 14.0. The minimum absolute atomic E-state index is 0.0196. The highest BCUT2D eigenvalue weighted by molar-refractivity contribution is 9.10. The van der Waals surface area contributed by atoms with Gasteiger partial charge in [0.05, 0.1) is 12.6 Å². The highest BCUT2D eigenvalue weighted by Gasteiger charge is 2.27. The number of halogens is 1. The molecular weight excluding hydrogens is 326 g/mol. The van der Waals surface area contributed by atoms with Gasteiger partial charge in [-0.05, 0) is 34.8 Å². The summed E-state index contributed by atoms with van der Waals surface area (Å²) < 4.78 is 1.04. The van der Waals surface area contributed by atoms with E-state index >= 15 is 0 Å². The lowest BCUT2D eigenvalue weighted by Gasteiger charge is -2.34. The summed E-state index contributed by atoms with van der Waals surface area (Å²) in [5.41, 5.74) is 11.5. The Morgan fingerprint density at radius 2 is 2.11 bits per heavy atom. The number of carbonyl (C=O) groups excluding carboxylic acids is 1. The van der Waals surface area contributed by atoms with Crippen LogP contribution in [0.15, 0.2) is 15.9 Å². The maximum absolute atomic E-state index is 11.3. The van der Waals surface area contributed by atoms with Crippen molar-refractivity contribution in [3.8, 4) is 0 Å². The summed E-state index contributed by atoms with van der Waals surface area (Å²) in [6.45, 7) is 7.24. The third-order valence-electron chi connectivity index (χ3n) is 2.73. The van der Waals surface area contributed by atoms with Gasteiger partial charge in [-0.1, -0.05) is 13.8 Å². The quantitative estimate of drug-likeness (QED) is 0.794. The molecule has 0 saturated heterocycles. The number of nitrogens with zero attached hydrogens (tertiary/aromatic N) is 1. The Morgan fingerprint density at radius 3 is 2.47 bits per heavy atom. The van der Waals surface area contributed by atoms with Crippen LogP contribution in [0.3, 0.4) is 0 Å². The van der Waals surface area contributed by atoms with Gasteiger partial charge in [0.2, 0.25) is 5.91 Å². The molecule has 19 heavy (non-hydrogen) atoms. The molecular formula is C13H22BrN3OS. The predicted molar refractivity (Wildman–Crippen MR) is 84.0 cm³/mol. The molecule has 0 aromatic carbocycles. The summed E-state index contributed by atoms with van der Waals surface area (Å²) in [5.74, 6) is 0.130. The van der Waals surface area contributed by atoms with E-state index in [9.17, 15) is 4.79 Å². The van der Waals surface area contributed by atoms with Crippen molar-refractivity contribution in [2.24, 2.45) is 17.4 Å². The topological polar surface area (TPSA) is 72.3 Å². The monoisotopic (exact) mass is 347 g/mol. The van der Waals surface area contributed by atoms with Crippen molar-refractivity contribution in [3.63, 3.8) is 0 Å². The van der Waals surface area contributed by atoms with Gasteiger partial charge in [-0.2, -0.15) is 0 Å². The molecule has 108 valence electrons. The van der Waals surface area contributed by atoms with Crippen LogP contribution in [0.2, 0.25) is 0 Å². The Balaban J connectivity index is 3.00. The molecule has 6 heteroatoms.